The Kier molecular flexibility index (Phi) is 6.42. The molecule has 0 aliphatic carbocycles. The summed E-state index contributed by atoms with van der Waals surface area (Å²) in [5.41, 5.74) is 1.50. The minimum absolute atomic E-state index is 0.190. The van der Waals surface area contributed by atoms with Gasteiger partial charge in [0.25, 0.3) is 0 Å². The quantitative estimate of drug-likeness (QED) is 0.567. The van der Waals surface area contributed by atoms with Crippen molar-refractivity contribution in [2.45, 2.75) is 16.4 Å². The smallest absolute Gasteiger partial charge is 0.228 e. The van der Waals surface area contributed by atoms with E-state index in [1.165, 1.54) is 0 Å². The summed E-state index contributed by atoms with van der Waals surface area (Å²) in [6.45, 7) is 0. The summed E-state index contributed by atoms with van der Waals surface area (Å²) in [6.07, 6.45) is -0.711. The van der Waals surface area contributed by atoms with Crippen molar-refractivity contribution < 1.29 is 4.79 Å². The summed E-state index contributed by atoms with van der Waals surface area (Å²) in [5, 5.41) is 6.18. The molecule has 0 heterocycles. The highest BCUT2D eigenvalue weighted by Gasteiger charge is 2.34. The Morgan fingerprint density at radius 1 is 1.04 bits per heavy atom. The van der Waals surface area contributed by atoms with Crippen LogP contribution in [0.1, 0.15) is 5.56 Å². The first-order valence-corrected chi connectivity index (χ1v) is 8.28. The van der Waals surface area contributed by atoms with Gasteiger partial charge in [-0.05, 0) is 23.8 Å². The number of alkyl halides is 3. The Bertz CT molecular complexity index is 659. The van der Waals surface area contributed by atoms with E-state index >= 15 is 0 Å². The summed E-state index contributed by atoms with van der Waals surface area (Å²) < 4.78 is -1.73. The molecule has 0 aliphatic heterocycles. The molecule has 2 aromatic carbocycles. The largest absolute Gasteiger partial charge is 0.362 e. The van der Waals surface area contributed by atoms with Crippen LogP contribution in [-0.4, -0.2) is 15.9 Å². The first kappa shape index (κ1) is 18.2. The molecule has 0 fully saturated rings. The van der Waals surface area contributed by atoms with E-state index in [4.69, 9.17) is 46.4 Å². The number of rotatable bonds is 5. The standard InChI is InChI=1S/C16H14Cl4N2O/c17-12-7-4-8-13(10-12)21-15(16(18,19)20)22-14(23)9-11-5-2-1-3-6-11/h1-8,10,15,21H,9H2,(H,22,23)/t15-/m0/s1. The zero-order valence-electron chi connectivity index (χ0n) is 11.9. The van der Waals surface area contributed by atoms with E-state index in [-0.39, 0.29) is 12.3 Å². The van der Waals surface area contributed by atoms with Crippen molar-refractivity contribution in [3.8, 4) is 0 Å². The maximum Gasteiger partial charge on any atom is 0.228 e. The van der Waals surface area contributed by atoms with Crippen LogP contribution in [0, 0.1) is 0 Å². The fourth-order valence-corrected chi connectivity index (χ4v) is 2.46. The Morgan fingerprint density at radius 2 is 1.74 bits per heavy atom. The van der Waals surface area contributed by atoms with Gasteiger partial charge in [-0.1, -0.05) is 82.8 Å². The van der Waals surface area contributed by atoms with Crippen LogP contribution in [-0.2, 0) is 11.2 Å². The van der Waals surface area contributed by atoms with Gasteiger partial charge in [-0.2, -0.15) is 0 Å². The molecule has 2 aromatic rings. The summed E-state index contributed by atoms with van der Waals surface area (Å²) in [7, 11) is 0. The molecule has 0 bridgehead atoms. The molecule has 3 nitrogen and oxygen atoms in total. The molecule has 0 aromatic heterocycles. The third-order valence-corrected chi connectivity index (χ3v) is 3.87. The fraction of sp³-hybridized carbons (Fsp3) is 0.188. The van der Waals surface area contributed by atoms with Gasteiger partial charge in [-0.3, -0.25) is 4.79 Å². The molecule has 7 heteroatoms. The minimum atomic E-state index is -1.73. The molecule has 0 radical (unpaired) electrons. The van der Waals surface area contributed by atoms with Gasteiger partial charge >= 0.3 is 0 Å². The van der Waals surface area contributed by atoms with Crippen LogP contribution in [0.25, 0.3) is 0 Å². The monoisotopic (exact) mass is 390 g/mol. The Balaban J connectivity index is 2.05. The number of nitrogens with one attached hydrogen (secondary N) is 2. The van der Waals surface area contributed by atoms with Crippen molar-refractivity contribution in [3.63, 3.8) is 0 Å². The number of amides is 1. The lowest BCUT2D eigenvalue weighted by atomic mass is 10.1. The van der Waals surface area contributed by atoms with E-state index in [0.717, 1.165) is 5.56 Å². The molecule has 0 saturated heterocycles. The summed E-state index contributed by atoms with van der Waals surface area (Å²) >= 11 is 23.8. The zero-order chi connectivity index (χ0) is 16.9. The molecule has 122 valence electrons. The average Bonchev–Trinajstić information content (AvgIpc) is 2.46. The third kappa shape index (κ3) is 6.11. The number of hydrogen-bond donors (Lipinski definition) is 2. The molecule has 0 unspecified atom stereocenters. The minimum Gasteiger partial charge on any atom is -0.362 e. The zero-order valence-corrected chi connectivity index (χ0v) is 14.9. The molecule has 0 spiro atoms. The molecule has 2 N–H and O–H groups in total. The van der Waals surface area contributed by atoms with Crippen LogP contribution in [0.4, 0.5) is 5.69 Å². The highest BCUT2D eigenvalue weighted by molar-refractivity contribution is 6.68. The van der Waals surface area contributed by atoms with E-state index in [9.17, 15) is 4.79 Å². The second kappa shape index (κ2) is 8.11. The fourth-order valence-electron chi connectivity index (χ4n) is 1.94. The first-order chi connectivity index (χ1) is 10.8. The van der Waals surface area contributed by atoms with Gasteiger partial charge in [0.05, 0.1) is 6.42 Å². The van der Waals surface area contributed by atoms with Crippen molar-refractivity contribution in [1.29, 1.82) is 0 Å². The van der Waals surface area contributed by atoms with E-state index < -0.39 is 9.96 Å². The number of benzene rings is 2. The summed E-state index contributed by atoms with van der Waals surface area (Å²) in [4.78, 5) is 12.2. The highest BCUT2D eigenvalue weighted by Crippen LogP contribution is 2.31. The number of halogens is 4. The lowest BCUT2D eigenvalue weighted by Gasteiger charge is -2.27. The van der Waals surface area contributed by atoms with Gasteiger partial charge in [0, 0.05) is 10.7 Å². The third-order valence-electron chi connectivity index (χ3n) is 2.98. The molecule has 1 amide bonds. The SMILES string of the molecule is O=C(Cc1ccccc1)N[C@H](Nc1cccc(Cl)c1)C(Cl)(Cl)Cl. The van der Waals surface area contributed by atoms with Gasteiger partial charge < -0.3 is 10.6 Å². The molecular weight excluding hydrogens is 378 g/mol. The topological polar surface area (TPSA) is 41.1 Å². The molecule has 2 rings (SSSR count). The number of carbonyl (C=O) groups excluding carboxylic acids is 1. The van der Waals surface area contributed by atoms with Crippen LogP contribution in [0.5, 0.6) is 0 Å². The number of carbonyl (C=O) groups is 1. The predicted molar refractivity (Wildman–Crippen MR) is 97.4 cm³/mol. The molecule has 0 saturated carbocycles. The first-order valence-electron chi connectivity index (χ1n) is 6.77. The van der Waals surface area contributed by atoms with Crippen molar-refractivity contribution in [3.05, 3.63) is 65.2 Å². The van der Waals surface area contributed by atoms with Crippen molar-refractivity contribution in [2.75, 3.05) is 5.32 Å². The maximum absolute atomic E-state index is 12.2. The van der Waals surface area contributed by atoms with E-state index in [1.807, 2.05) is 30.3 Å². The van der Waals surface area contributed by atoms with Crippen LogP contribution >= 0.6 is 46.4 Å². The van der Waals surface area contributed by atoms with E-state index in [0.29, 0.717) is 10.7 Å². The molecule has 0 aliphatic rings. The van der Waals surface area contributed by atoms with Crippen LogP contribution in [0.3, 0.4) is 0 Å². The average molecular weight is 392 g/mol. The Labute approximate surface area is 154 Å². The van der Waals surface area contributed by atoms with Crippen LogP contribution < -0.4 is 10.6 Å². The molecular formula is C16H14Cl4N2O. The van der Waals surface area contributed by atoms with Crippen molar-refractivity contribution in [1.82, 2.24) is 5.32 Å². The van der Waals surface area contributed by atoms with Gasteiger partial charge in [0.2, 0.25) is 9.70 Å². The van der Waals surface area contributed by atoms with Gasteiger partial charge in [0.15, 0.2) is 0 Å². The van der Waals surface area contributed by atoms with Gasteiger partial charge in [-0.25, -0.2) is 0 Å². The number of hydrogen-bond acceptors (Lipinski definition) is 2. The summed E-state index contributed by atoms with van der Waals surface area (Å²) in [5.74, 6) is -0.262. The lowest BCUT2D eigenvalue weighted by molar-refractivity contribution is -0.120. The Hall–Kier alpha value is -1.13. The number of anilines is 1. The van der Waals surface area contributed by atoms with E-state index in [2.05, 4.69) is 10.6 Å². The van der Waals surface area contributed by atoms with E-state index in [1.54, 1.807) is 24.3 Å². The van der Waals surface area contributed by atoms with Gasteiger partial charge in [-0.15, -0.1) is 0 Å². The molecule has 23 heavy (non-hydrogen) atoms. The molecule has 1 atom stereocenters. The Morgan fingerprint density at radius 3 is 2.35 bits per heavy atom. The highest BCUT2D eigenvalue weighted by atomic mass is 35.6. The normalized spacial score (nSPS) is 12.5. The van der Waals surface area contributed by atoms with Crippen molar-refractivity contribution in [2.24, 2.45) is 0 Å². The predicted octanol–water partition coefficient (Wildman–Crippen LogP) is 4.81. The van der Waals surface area contributed by atoms with Crippen LogP contribution in [0.2, 0.25) is 5.02 Å². The van der Waals surface area contributed by atoms with Gasteiger partial charge in [0.1, 0.15) is 6.17 Å². The second-order valence-electron chi connectivity index (χ2n) is 4.86. The lowest BCUT2D eigenvalue weighted by Crippen LogP contribution is -2.49. The second-order valence-corrected chi connectivity index (χ2v) is 7.66. The van der Waals surface area contributed by atoms with Crippen molar-refractivity contribution >= 4 is 58.0 Å². The van der Waals surface area contributed by atoms with Crippen LogP contribution in [0.15, 0.2) is 54.6 Å². The maximum atomic E-state index is 12.2. The summed E-state index contributed by atoms with van der Waals surface area (Å²) in [6, 6.07) is 16.2.